The summed E-state index contributed by atoms with van der Waals surface area (Å²) in [5.41, 5.74) is 4.95. The van der Waals surface area contributed by atoms with Crippen LogP contribution in [0.4, 0.5) is 5.95 Å². The molecule has 148 valence electrons. The number of ketones is 1. The first-order chi connectivity index (χ1) is 14.7. The maximum Gasteiger partial charge on any atom is 0.209 e. The summed E-state index contributed by atoms with van der Waals surface area (Å²) in [4.78, 5) is 18.5. The molecule has 0 unspecified atom stereocenters. The van der Waals surface area contributed by atoms with Gasteiger partial charge < -0.3 is 10.1 Å². The van der Waals surface area contributed by atoms with Crippen LogP contribution in [0.5, 0.6) is 5.75 Å². The van der Waals surface area contributed by atoms with Crippen LogP contribution in [0.3, 0.4) is 0 Å². The summed E-state index contributed by atoms with van der Waals surface area (Å²) in [7, 11) is 1.65. The molecule has 1 aliphatic rings. The fourth-order valence-electron chi connectivity index (χ4n) is 4.17. The number of benzene rings is 3. The average molecular weight is 395 g/mol. The molecular formula is C25H21N3O2. The normalized spacial score (nSPS) is 15.6. The third-order valence-electron chi connectivity index (χ3n) is 5.58. The SMILES string of the molecule is COc1ccccc1[C@H]1Nc2nc3ccccc3n2C(C)=C1C(=O)c1ccccc1. The number of ether oxygens (including phenoxy) is 1. The topological polar surface area (TPSA) is 56.1 Å². The molecule has 0 aliphatic carbocycles. The van der Waals surface area contributed by atoms with Crippen molar-refractivity contribution in [3.63, 3.8) is 0 Å². The zero-order chi connectivity index (χ0) is 20.7. The van der Waals surface area contributed by atoms with E-state index in [1.165, 1.54) is 0 Å². The number of nitrogens with one attached hydrogen (secondary N) is 1. The van der Waals surface area contributed by atoms with E-state index in [0.717, 1.165) is 28.0 Å². The molecule has 0 amide bonds. The molecule has 1 aromatic heterocycles. The van der Waals surface area contributed by atoms with Crippen LogP contribution >= 0.6 is 0 Å². The molecule has 5 heteroatoms. The van der Waals surface area contributed by atoms with Gasteiger partial charge in [-0.25, -0.2) is 4.98 Å². The molecule has 1 N–H and O–H groups in total. The van der Waals surface area contributed by atoms with Gasteiger partial charge in [0.15, 0.2) is 5.78 Å². The lowest BCUT2D eigenvalue weighted by Gasteiger charge is -2.30. The van der Waals surface area contributed by atoms with Crippen molar-refractivity contribution in [2.45, 2.75) is 13.0 Å². The Labute approximate surface area is 174 Å². The first kappa shape index (κ1) is 18.2. The molecule has 2 heterocycles. The zero-order valence-corrected chi connectivity index (χ0v) is 16.8. The Morgan fingerprint density at radius 2 is 1.67 bits per heavy atom. The second kappa shape index (κ2) is 7.19. The number of fused-ring (bicyclic) bond motifs is 3. The molecule has 0 fully saturated rings. The zero-order valence-electron chi connectivity index (χ0n) is 16.8. The quantitative estimate of drug-likeness (QED) is 0.475. The number of aromatic nitrogens is 2. The van der Waals surface area contributed by atoms with Gasteiger partial charge in [0.25, 0.3) is 0 Å². The number of methoxy groups -OCH3 is 1. The lowest BCUT2D eigenvalue weighted by atomic mass is 9.89. The van der Waals surface area contributed by atoms with E-state index in [1.807, 2.05) is 90.4 Å². The van der Waals surface area contributed by atoms with Crippen LogP contribution in [0.1, 0.15) is 28.9 Å². The van der Waals surface area contributed by atoms with Crippen LogP contribution in [0.2, 0.25) is 0 Å². The van der Waals surface area contributed by atoms with Crippen molar-refractivity contribution in [1.29, 1.82) is 0 Å². The van der Waals surface area contributed by atoms with Gasteiger partial charge in [-0.05, 0) is 25.1 Å². The minimum absolute atomic E-state index is 0.0139. The minimum Gasteiger partial charge on any atom is -0.496 e. The molecule has 0 radical (unpaired) electrons. The smallest absolute Gasteiger partial charge is 0.209 e. The van der Waals surface area contributed by atoms with Gasteiger partial charge in [0.05, 0.1) is 24.2 Å². The predicted octanol–water partition coefficient (Wildman–Crippen LogP) is 5.33. The fourth-order valence-corrected chi connectivity index (χ4v) is 4.17. The number of hydrogen-bond acceptors (Lipinski definition) is 4. The van der Waals surface area contributed by atoms with Crippen molar-refractivity contribution >= 4 is 28.5 Å². The second-order valence-electron chi connectivity index (χ2n) is 7.27. The number of anilines is 1. The summed E-state index contributed by atoms with van der Waals surface area (Å²) in [6.45, 7) is 1.98. The Morgan fingerprint density at radius 1 is 0.967 bits per heavy atom. The number of hydrogen-bond donors (Lipinski definition) is 1. The first-order valence-electron chi connectivity index (χ1n) is 9.87. The van der Waals surface area contributed by atoms with Gasteiger partial charge in [0, 0.05) is 22.4 Å². The lowest BCUT2D eigenvalue weighted by molar-refractivity contribution is 0.102. The van der Waals surface area contributed by atoms with Crippen LogP contribution in [-0.4, -0.2) is 22.4 Å². The third kappa shape index (κ3) is 2.78. The largest absolute Gasteiger partial charge is 0.496 e. The molecular weight excluding hydrogens is 374 g/mol. The summed E-state index contributed by atoms with van der Waals surface area (Å²) in [6.07, 6.45) is 0. The Bertz CT molecular complexity index is 1290. The van der Waals surface area contributed by atoms with Gasteiger partial charge in [-0.1, -0.05) is 60.7 Å². The van der Waals surface area contributed by atoms with Crippen molar-refractivity contribution in [3.05, 3.63) is 95.6 Å². The highest BCUT2D eigenvalue weighted by molar-refractivity contribution is 6.14. The molecule has 1 atom stereocenters. The number of carbonyl (C=O) groups is 1. The fraction of sp³-hybridized carbons (Fsp3) is 0.120. The van der Waals surface area contributed by atoms with E-state index in [2.05, 4.69) is 5.32 Å². The Balaban J connectivity index is 1.77. The highest BCUT2D eigenvalue weighted by Crippen LogP contribution is 2.42. The third-order valence-corrected chi connectivity index (χ3v) is 5.58. The molecule has 5 nitrogen and oxygen atoms in total. The molecule has 4 aromatic rings. The molecule has 30 heavy (non-hydrogen) atoms. The number of Topliss-reactive ketones (excluding diaryl/α,β-unsaturated/α-hetero) is 1. The van der Waals surface area contributed by atoms with E-state index in [0.29, 0.717) is 17.1 Å². The Hall–Kier alpha value is -3.86. The summed E-state index contributed by atoms with van der Waals surface area (Å²) in [6, 6.07) is 24.7. The molecule has 0 saturated heterocycles. The number of imidazole rings is 1. The Morgan fingerprint density at radius 3 is 2.47 bits per heavy atom. The summed E-state index contributed by atoms with van der Waals surface area (Å²) >= 11 is 0. The highest BCUT2D eigenvalue weighted by Gasteiger charge is 2.34. The van der Waals surface area contributed by atoms with E-state index in [9.17, 15) is 4.79 Å². The van der Waals surface area contributed by atoms with Crippen molar-refractivity contribution < 1.29 is 9.53 Å². The first-order valence-corrected chi connectivity index (χ1v) is 9.87. The molecule has 0 saturated carbocycles. The summed E-state index contributed by atoms with van der Waals surface area (Å²) in [5.74, 6) is 1.43. The number of rotatable bonds is 4. The maximum absolute atomic E-state index is 13.7. The van der Waals surface area contributed by atoms with Crippen molar-refractivity contribution in [3.8, 4) is 5.75 Å². The summed E-state index contributed by atoms with van der Waals surface area (Å²) in [5, 5.41) is 3.50. The van der Waals surface area contributed by atoms with Crippen LogP contribution in [0.15, 0.2) is 84.4 Å². The van der Waals surface area contributed by atoms with Crippen LogP contribution in [0.25, 0.3) is 16.7 Å². The molecule has 5 rings (SSSR count). The van der Waals surface area contributed by atoms with E-state index in [-0.39, 0.29) is 11.8 Å². The Kier molecular flexibility index (Phi) is 4.36. The summed E-state index contributed by atoms with van der Waals surface area (Å²) < 4.78 is 7.64. The number of para-hydroxylation sites is 3. The van der Waals surface area contributed by atoms with Gasteiger partial charge in [0.2, 0.25) is 5.95 Å². The van der Waals surface area contributed by atoms with Gasteiger partial charge in [-0.15, -0.1) is 0 Å². The molecule has 3 aromatic carbocycles. The van der Waals surface area contributed by atoms with Crippen LogP contribution in [0, 0.1) is 0 Å². The maximum atomic E-state index is 13.7. The van der Waals surface area contributed by atoms with Crippen molar-refractivity contribution in [2.24, 2.45) is 0 Å². The van der Waals surface area contributed by atoms with Gasteiger partial charge >= 0.3 is 0 Å². The highest BCUT2D eigenvalue weighted by atomic mass is 16.5. The lowest BCUT2D eigenvalue weighted by Crippen LogP contribution is -2.27. The molecule has 0 spiro atoms. The standard InChI is InChI=1S/C25H21N3O2/c1-16-22(24(29)17-10-4-3-5-11-17)23(18-12-6-9-15-21(18)30-2)27-25-26-19-13-7-8-14-20(19)28(16)25/h3-15,23H,1-2H3,(H,26,27)/t23-/m1/s1. The van der Waals surface area contributed by atoms with Gasteiger partial charge in [0.1, 0.15) is 5.75 Å². The predicted molar refractivity (Wildman–Crippen MR) is 119 cm³/mol. The molecule has 0 bridgehead atoms. The average Bonchev–Trinajstić information content (AvgIpc) is 3.18. The van der Waals surface area contributed by atoms with Gasteiger partial charge in [-0.3, -0.25) is 9.36 Å². The van der Waals surface area contributed by atoms with Crippen molar-refractivity contribution in [2.75, 3.05) is 12.4 Å². The number of carbonyl (C=O) groups excluding carboxylic acids is 1. The van der Waals surface area contributed by atoms with E-state index in [4.69, 9.17) is 9.72 Å². The van der Waals surface area contributed by atoms with E-state index in [1.54, 1.807) is 7.11 Å². The van der Waals surface area contributed by atoms with Crippen LogP contribution in [-0.2, 0) is 0 Å². The van der Waals surface area contributed by atoms with Gasteiger partial charge in [-0.2, -0.15) is 0 Å². The number of allylic oxidation sites excluding steroid dienone is 1. The van der Waals surface area contributed by atoms with Crippen molar-refractivity contribution in [1.82, 2.24) is 9.55 Å². The van der Waals surface area contributed by atoms with Crippen LogP contribution < -0.4 is 10.1 Å². The minimum atomic E-state index is -0.377. The number of nitrogens with zero attached hydrogens (tertiary/aromatic N) is 2. The van der Waals surface area contributed by atoms with E-state index < -0.39 is 0 Å². The second-order valence-corrected chi connectivity index (χ2v) is 7.27. The van der Waals surface area contributed by atoms with E-state index >= 15 is 0 Å². The molecule has 1 aliphatic heterocycles. The monoisotopic (exact) mass is 395 g/mol.